The monoisotopic (exact) mass is 280 g/mol. The van der Waals surface area contributed by atoms with Crippen LogP contribution in [0.1, 0.15) is 10.5 Å². The van der Waals surface area contributed by atoms with Crippen molar-refractivity contribution in [1.82, 2.24) is 20.1 Å². The lowest BCUT2D eigenvalue weighted by Gasteiger charge is -2.03. The highest BCUT2D eigenvalue weighted by atomic mass is 79.9. The van der Waals surface area contributed by atoms with E-state index in [-0.39, 0.29) is 5.91 Å². The summed E-state index contributed by atoms with van der Waals surface area (Å²) in [7, 11) is 1.57. The SMILES string of the molecule is CNC(=O)c1cc(-n2cc(Br)cn2)ccn1. The van der Waals surface area contributed by atoms with Gasteiger partial charge >= 0.3 is 0 Å². The van der Waals surface area contributed by atoms with Crippen LogP contribution in [0, 0.1) is 0 Å². The summed E-state index contributed by atoms with van der Waals surface area (Å²) in [6.45, 7) is 0. The molecule has 0 saturated carbocycles. The molecule has 2 aromatic heterocycles. The molecule has 1 amide bonds. The topological polar surface area (TPSA) is 59.8 Å². The highest BCUT2D eigenvalue weighted by molar-refractivity contribution is 9.10. The summed E-state index contributed by atoms with van der Waals surface area (Å²) in [4.78, 5) is 15.4. The molecule has 0 aliphatic rings. The molecule has 0 bridgehead atoms. The highest BCUT2D eigenvalue weighted by Gasteiger charge is 2.06. The number of hydrogen-bond acceptors (Lipinski definition) is 3. The van der Waals surface area contributed by atoms with E-state index in [2.05, 4.69) is 31.3 Å². The van der Waals surface area contributed by atoms with Crippen LogP contribution in [0.25, 0.3) is 5.69 Å². The lowest BCUT2D eigenvalue weighted by molar-refractivity contribution is 0.0958. The van der Waals surface area contributed by atoms with Crippen LogP contribution in [0.4, 0.5) is 0 Å². The van der Waals surface area contributed by atoms with Crippen LogP contribution in [0.5, 0.6) is 0 Å². The van der Waals surface area contributed by atoms with Gasteiger partial charge in [0.05, 0.1) is 16.4 Å². The van der Waals surface area contributed by atoms with Gasteiger partial charge in [0.1, 0.15) is 5.69 Å². The molecule has 0 aromatic carbocycles. The number of rotatable bonds is 2. The van der Waals surface area contributed by atoms with E-state index in [0.717, 1.165) is 10.2 Å². The molecule has 16 heavy (non-hydrogen) atoms. The number of pyridine rings is 1. The maximum absolute atomic E-state index is 11.4. The molecule has 1 N–H and O–H groups in total. The maximum Gasteiger partial charge on any atom is 0.269 e. The molecule has 0 spiro atoms. The van der Waals surface area contributed by atoms with E-state index < -0.39 is 0 Å². The fourth-order valence-electron chi connectivity index (χ4n) is 1.26. The predicted octanol–water partition coefficient (Wildman–Crippen LogP) is 1.39. The zero-order valence-corrected chi connectivity index (χ0v) is 10.1. The number of hydrogen-bond donors (Lipinski definition) is 1. The highest BCUT2D eigenvalue weighted by Crippen LogP contribution is 2.12. The van der Waals surface area contributed by atoms with Crippen molar-refractivity contribution < 1.29 is 4.79 Å². The molecule has 0 aliphatic heterocycles. The molecule has 82 valence electrons. The van der Waals surface area contributed by atoms with E-state index in [9.17, 15) is 4.79 Å². The summed E-state index contributed by atoms with van der Waals surface area (Å²) in [5.41, 5.74) is 1.16. The molecule has 2 rings (SSSR count). The second-order valence-corrected chi connectivity index (χ2v) is 4.00. The van der Waals surface area contributed by atoms with Crippen molar-refractivity contribution in [2.24, 2.45) is 0 Å². The minimum atomic E-state index is -0.215. The molecule has 2 aromatic rings. The summed E-state index contributed by atoms with van der Waals surface area (Å²) in [5.74, 6) is -0.215. The fraction of sp³-hybridized carbons (Fsp3) is 0.100. The summed E-state index contributed by atoms with van der Waals surface area (Å²) < 4.78 is 2.55. The minimum Gasteiger partial charge on any atom is -0.354 e. The van der Waals surface area contributed by atoms with Crippen LogP contribution >= 0.6 is 15.9 Å². The van der Waals surface area contributed by atoms with Crippen molar-refractivity contribution in [1.29, 1.82) is 0 Å². The van der Waals surface area contributed by atoms with Crippen molar-refractivity contribution in [3.63, 3.8) is 0 Å². The first-order valence-corrected chi connectivity index (χ1v) is 5.38. The van der Waals surface area contributed by atoms with E-state index in [0.29, 0.717) is 5.69 Å². The second kappa shape index (κ2) is 4.44. The van der Waals surface area contributed by atoms with Crippen molar-refractivity contribution >= 4 is 21.8 Å². The Morgan fingerprint density at radius 1 is 1.56 bits per heavy atom. The summed E-state index contributed by atoms with van der Waals surface area (Å²) in [6.07, 6.45) is 5.07. The Kier molecular flexibility index (Phi) is 3.00. The number of carbonyl (C=O) groups excluding carboxylic acids is 1. The largest absolute Gasteiger partial charge is 0.354 e. The molecular formula is C10H9BrN4O. The summed E-state index contributed by atoms with van der Waals surface area (Å²) in [6, 6.07) is 3.46. The Morgan fingerprint density at radius 2 is 2.38 bits per heavy atom. The standard InChI is InChI=1S/C10H9BrN4O/c1-12-10(16)9-4-8(2-3-13-9)15-6-7(11)5-14-15/h2-6H,1H3,(H,12,16). The van der Waals surface area contributed by atoms with Gasteiger partial charge in [-0.1, -0.05) is 0 Å². The van der Waals surface area contributed by atoms with Gasteiger partial charge in [-0.25, -0.2) is 4.68 Å². The van der Waals surface area contributed by atoms with Crippen molar-refractivity contribution in [3.05, 3.63) is 40.9 Å². The van der Waals surface area contributed by atoms with Gasteiger partial charge < -0.3 is 5.32 Å². The number of halogens is 1. The van der Waals surface area contributed by atoms with Crippen molar-refractivity contribution in [2.75, 3.05) is 7.05 Å². The van der Waals surface area contributed by atoms with E-state index in [1.54, 1.807) is 36.3 Å². The third-order valence-corrected chi connectivity index (χ3v) is 2.43. The van der Waals surface area contributed by atoms with E-state index in [1.807, 2.05) is 6.20 Å². The Morgan fingerprint density at radius 3 is 3.00 bits per heavy atom. The lowest BCUT2D eigenvalue weighted by atomic mass is 10.3. The first-order chi connectivity index (χ1) is 7.70. The van der Waals surface area contributed by atoms with Crippen LogP contribution in [0.15, 0.2) is 35.2 Å². The number of aromatic nitrogens is 3. The fourth-order valence-corrected chi connectivity index (χ4v) is 1.54. The van der Waals surface area contributed by atoms with E-state index in [1.165, 1.54) is 0 Å². The van der Waals surface area contributed by atoms with Gasteiger partial charge in [0.2, 0.25) is 0 Å². The van der Waals surface area contributed by atoms with Crippen LogP contribution in [-0.2, 0) is 0 Å². The molecule has 0 atom stereocenters. The molecule has 5 nitrogen and oxygen atoms in total. The second-order valence-electron chi connectivity index (χ2n) is 3.08. The molecule has 0 radical (unpaired) electrons. The molecule has 2 heterocycles. The van der Waals surface area contributed by atoms with Gasteiger partial charge in [0, 0.05) is 19.4 Å². The van der Waals surface area contributed by atoms with Gasteiger partial charge in [0.25, 0.3) is 5.91 Å². The molecule has 0 unspecified atom stereocenters. The Hall–Kier alpha value is -1.69. The third kappa shape index (κ3) is 2.11. The van der Waals surface area contributed by atoms with E-state index in [4.69, 9.17) is 0 Å². The van der Waals surface area contributed by atoms with Crippen molar-refractivity contribution in [2.45, 2.75) is 0 Å². The quantitative estimate of drug-likeness (QED) is 0.905. The van der Waals surface area contributed by atoms with Gasteiger partial charge in [-0.3, -0.25) is 9.78 Å². The average molecular weight is 281 g/mol. The first-order valence-electron chi connectivity index (χ1n) is 4.59. The molecule has 0 fully saturated rings. The van der Waals surface area contributed by atoms with Crippen molar-refractivity contribution in [3.8, 4) is 5.69 Å². The normalized spacial score (nSPS) is 10.1. The Balaban J connectivity index is 2.39. The smallest absolute Gasteiger partial charge is 0.269 e. The predicted molar refractivity (Wildman–Crippen MR) is 62.4 cm³/mol. The lowest BCUT2D eigenvalue weighted by Crippen LogP contribution is -2.19. The first kappa shape index (κ1) is 10.8. The third-order valence-electron chi connectivity index (χ3n) is 2.02. The van der Waals surface area contributed by atoms with E-state index >= 15 is 0 Å². The summed E-state index contributed by atoms with van der Waals surface area (Å²) >= 11 is 3.31. The molecular weight excluding hydrogens is 272 g/mol. The maximum atomic E-state index is 11.4. The number of nitrogens with zero attached hydrogens (tertiary/aromatic N) is 3. The minimum absolute atomic E-state index is 0.215. The van der Waals surface area contributed by atoms with Crippen LogP contribution < -0.4 is 5.32 Å². The molecule has 0 aliphatic carbocycles. The zero-order chi connectivity index (χ0) is 11.5. The zero-order valence-electron chi connectivity index (χ0n) is 8.51. The van der Waals surface area contributed by atoms with Gasteiger partial charge in [0.15, 0.2) is 0 Å². The van der Waals surface area contributed by atoms with Crippen LogP contribution in [-0.4, -0.2) is 27.7 Å². The Bertz CT molecular complexity index is 523. The van der Waals surface area contributed by atoms with Gasteiger partial charge in [-0.2, -0.15) is 5.10 Å². The molecule has 0 saturated heterocycles. The van der Waals surface area contributed by atoms with Crippen LogP contribution in [0.3, 0.4) is 0 Å². The van der Waals surface area contributed by atoms with Crippen LogP contribution in [0.2, 0.25) is 0 Å². The Labute approximate surface area is 101 Å². The van der Waals surface area contributed by atoms with Gasteiger partial charge in [-0.05, 0) is 28.1 Å². The number of carbonyl (C=O) groups is 1. The van der Waals surface area contributed by atoms with Gasteiger partial charge in [-0.15, -0.1) is 0 Å². The average Bonchev–Trinajstić information content (AvgIpc) is 2.75. The summed E-state index contributed by atoms with van der Waals surface area (Å²) in [5, 5.41) is 6.65. The molecule has 6 heteroatoms. The number of amides is 1. The number of nitrogens with one attached hydrogen (secondary N) is 1.